The number of ether oxygens (including phenoxy) is 2. The molecule has 1 aromatic rings. The third-order valence-corrected chi connectivity index (χ3v) is 3.13. The molecule has 0 heterocycles. The molecule has 0 radical (unpaired) electrons. The Kier molecular flexibility index (Phi) is 5.64. The number of nitrogen functional groups attached to an aromatic ring is 1. The molecule has 0 aliphatic carbocycles. The first-order valence-electron chi connectivity index (χ1n) is 6.37. The van der Waals surface area contributed by atoms with Gasteiger partial charge in [0.1, 0.15) is 11.5 Å². The van der Waals surface area contributed by atoms with Crippen LogP contribution in [0.25, 0.3) is 0 Å². The molecule has 0 saturated heterocycles. The number of aliphatic hydroxyl groups excluding tert-OH is 1. The van der Waals surface area contributed by atoms with E-state index < -0.39 is 0 Å². The maximum atomic E-state index is 12.3. The normalized spacial score (nSPS) is 12.1. The molecule has 0 aliphatic rings. The lowest BCUT2D eigenvalue weighted by atomic mass is 10.0. The zero-order valence-corrected chi connectivity index (χ0v) is 12.3. The Labute approximate surface area is 118 Å². The van der Waals surface area contributed by atoms with Gasteiger partial charge in [-0.2, -0.15) is 0 Å². The number of aliphatic hydroxyl groups is 1. The van der Waals surface area contributed by atoms with Gasteiger partial charge in [0.15, 0.2) is 0 Å². The molecule has 0 fully saturated rings. The van der Waals surface area contributed by atoms with Gasteiger partial charge in [0, 0.05) is 6.07 Å². The fraction of sp³-hybridized carbons (Fsp3) is 0.500. The van der Waals surface area contributed by atoms with Crippen LogP contribution in [0.1, 0.15) is 24.2 Å². The van der Waals surface area contributed by atoms with Gasteiger partial charge < -0.3 is 25.6 Å². The molecule has 0 aliphatic heterocycles. The van der Waals surface area contributed by atoms with E-state index in [9.17, 15) is 9.90 Å². The van der Waals surface area contributed by atoms with Crippen LogP contribution in [0, 0.1) is 5.92 Å². The lowest BCUT2D eigenvalue weighted by molar-refractivity contribution is 0.0897. The molecule has 6 nitrogen and oxygen atoms in total. The monoisotopic (exact) mass is 282 g/mol. The van der Waals surface area contributed by atoms with Crippen LogP contribution in [-0.2, 0) is 0 Å². The van der Waals surface area contributed by atoms with Crippen molar-refractivity contribution in [3.63, 3.8) is 0 Å². The summed E-state index contributed by atoms with van der Waals surface area (Å²) in [6.07, 6.45) is 0. The van der Waals surface area contributed by atoms with Crippen LogP contribution in [0.4, 0.5) is 5.69 Å². The standard InChI is InChI=1S/C14H22N2O4/c1-8(2)11(7-17)16-14(18)10-5-9(19-3)6-12(20-4)13(10)15/h5-6,8,11,17H,7,15H2,1-4H3,(H,16,18)/t11-/m1/s1. The molecule has 0 unspecified atom stereocenters. The van der Waals surface area contributed by atoms with Gasteiger partial charge in [-0.1, -0.05) is 13.8 Å². The summed E-state index contributed by atoms with van der Waals surface area (Å²) in [6, 6.07) is 2.82. The van der Waals surface area contributed by atoms with E-state index >= 15 is 0 Å². The third kappa shape index (κ3) is 3.54. The highest BCUT2D eigenvalue weighted by molar-refractivity contribution is 6.01. The lowest BCUT2D eigenvalue weighted by Crippen LogP contribution is -2.41. The third-order valence-electron chi connectivity index (χ3n) is 3.13. The summed E-state index contributed by atoms with van der Waals surface area (Å²) >= 11 is 0. The average Bonchev–Trinajstić information content (AvgIpc) is 2.44. The molecule has 1 amide bonds. The molecular weight excluding hydrogens is 260 g/mol. The summed E-state index contributed by atoms with van der Waals surface area (Å²) in [6.45, 7) is 3.69. The van der Waals surface area contributed by atoms with Crippen molar-refractivity contribution in [2.45, 2.75) is 19.9 Å². The Hall–Kier alpha value is -1.95. The maximum absolute atomic E-state index is 12.3. The fourth-order valence-electron chi connectivity index (χ4n) is 1.75. The Morgan fingerprint density at radius 2 is 2.00 bits per heavy atom. The Balaban J connectivity index is 3.08. The number of carbonyl (C=O) groups is 1. The van der Waals surface area contributed by atoms with E-state index in [-0.39, 0.29) is 35.7 Å². The minimum Gasteiger partial charge on any atom is -0.497 e. The van der Waals surface area contributed by atoms with Gasteiger partial charge in [0.25, 0.3) is 5.91 Å². The molecule has 112 valence electrons. The van der Waals surface area contributed by atoms with Crippen LogP contribution in [-0.4, -0.2) is 37.9 Å². The van der Waals surface area contributed by atoms with E-state index in [1.165, 1.54) is 14.2 Å². The quantitative estimate of drug-likeness (QED) is 0.678. The number of hydrogen-bond acceptors (Lipinski definition) is 5. The van der Waals surface area contributed by atoms with E-state index in [0.717, 1.165) is 0 Å². The molecular formula is C14H22N2O4. The first kappa shape index (κ1) is 16.1. The minimum atomic E-state index is -0.368. The molecule has 6 heteroatoms. The predicted octanol–water partition coefficient (Wildman–Crippen LogP) is 1.03. The summed E-state index contributed by atoms with van der Waals surface area (Å²) in [5.74, 6) is 0.594. The van der Waals surface area contributed by atoms with Crippen molar-refractivity contribution >= 4 is 11.6 Å². The van der Waals surface area contributed by atoms with Gasteiger partial charge in [0.05, 0.1) is 38.1 Å². The second-order valence-corrected chi connectivity index (χ2v) is 4.80. The predicted molar refractivity (Wildman–Crippen MR) is 77.1 cm³/mol. The summed E-state index contributed by atoms with van der Waals surface area (Å²) < 4.78 is 10.2. The van der Waals surface area contributed by atoms with E-state index in [2.05, 4.69) is 5.32 Å². The van der Waals surface area contributed by atoms with Gasteiger partial charge in [-0.3, -0.25) is 4.79 Å². The van der Waals surface area contributed by atoms with Gasteiger partial charge in [-0.25, -0.2) is 0 Å². The topological polar surface area (TPSA) is 93.8 Å². The highest BCUT2D eigenvalue weighted by Crippen LogP contribution is 2.31. The van der Waals surface area contributed by atoms with E-state index in [4.69, 9.17) is 15.2 Å². The summed E-state index contributed by atoms with van der Waals surface area (Å²) in [5, 5.41) is 12.0. The SMILES string of the molecule is COc1cc(OC)c(N)c(C(=O)N[C@H](CO)C(C)C)c1. The summed E-state index contributed by atoms with van der Waals surface area (Å²) in [4.78, 5) is 12.3. The first-order chi connectivity index (χ1) is 9.44. The van der Waals surface area contributed by atoms with Gasteiger partial charge >= 0.3 is 0 Å². The zero-order valence-electron chi connectivity index (χ0n) is 12.3. The molecule has 1 rings (SSSR count). The van der Waals surface area contributed by atoms with Crippen molar-refractivity contribution in [2.24, 2.45) is 5.92 Å². The number of benzene rings is 1. The van der Waals surface area contributed by atoms with Gasteiger partial charge in [-0.05, 0) is 12.0 Å². The smallest absolute Gasteiger partial charge is 0.253 e. The van der Waals surface area contributed by atoms with E-state index in [0.29, 0.717) is 11.5 Å². The van der Waals surface area contributed by atoms with Crippen molar-refractivity contribution < 1.29 is 19.4 Å². The number of methoxy groups -OCH3 is 2. The van der Waals surface area contributed by atoms with Crippen LogP contribution in [0.15, 0.2) is 12.1 Å². The van der Waals surface area contributed by atoms with E-state index in [1.807, 2.05) is 13.8 Å². The largest absolute Gasteiger partial charge is 0.497 e. The van der Waals surface area contributed by atoms with Crippen LogP contribution in [0.5, 0.6) is 11.5 Å². The maximum Gasteiger partial charge on any atom is 0.253 e. The van der Waals surface area contributed by atoms with Crippen LogP contribution in [0.3, 0.4) is 0 Å². The molecule has 0 spiro atoms. The van der Waals surface area contributed by atoms with Crippen LogP contribution >= 0.6 is 0 Å². The number of nitrogens with two attached hydrogens (primary N) is 1. The Bertz CT molecular complexity index is 474. The molecule has 0 bridgehead atoms. The fourth-order valence-corrected chi connectivity index (χ4v) is 1.75. The average molecular weight is 282 g/mol. The second kappa shape index (κ2) is 7.00. The van der Waals surface area contributed by atoms with Crippen molar-refractivity contribution in [3.8, 4) is 11.5 Å². The molecule has 0 saturated carbocycles. The van der Waals surface area contributed by atoms with Crippen molar-refractivity contribution in [1.82, 2.24) is 5.32 Å². The first-order valence-corrected chi connectivity index (χ1v) is 6.37. The molecule has 20 heavy (non-hydrogen) atoms. The number of amides is 1. The van der Waals surface area contributed by atoms with Crippen molar-refractivity contribution in [3.05, 3.63) is 17.7 Å². The Morgan fingerprint density at radius 3 is 2.45 bits per heavy atom. The minimum absolute atomic E-state index is 0.109. The molecule has 1 atom stereocenters. The number of hydrogen-bond donors (Lipinski definition) is 3. The number of nitrogens with one attached hydrogen (secondary N) is 1. The highest BCUT2D eigenvalue weighted by Gasteiger charge is 2.20. The molecule has 4 N–H and O–H groups in total. The van der Waals surface area contributed by atoms with E-state index in [1.54, 1.807) is 12.1 Å². The molecule has 0 aromatic heterocycles. The van der Waals surface area contributed by atoms with Crippen molar-refractivity contribution in [2.75, 3.05) is 26.6 Å². The Morgan fingerprint density at radius 1 is 1.35 bits per heavy atom. The molecule has 1 aromatic carbocycles. The number of anilines is 1. The van der Waals surface area contributed by atoms with Crippen molar-refractivity contribution in [1.29, 1.82) is 0 Å². The second-order valence-electron chi connectivity index (χ2n) is 4.80. The van der Waals surface area contributed by atoms with Crippen LogP contribution < -0.4 is 20.5 Å². The zero-order chi connectivity index (χ0) is 15.3. The number of carbonyl (C=O) groups excluding carboxylic acids is 1. The number of rotatable bonds is 6. The summed E-state index contributed by atoms with van der Waals surface area (Å²) in [5.41, 5.74) is 6.41. The van der Waals surface area contributed by atoms with Gasteiger partial charge in [-0.15, -0.1) is 0 Å². The highest BCUT2D eigenvalue weighted by atomic mass is 16.5. The lowest BCUT2D eigenvalue weighted by Gasteiger charge is -2.21. The van der Waals surface area contributed by atoms with Gasteiger partial charge in [0.2, 0.25) is 0 Å². The summed E-state index contributed by atoms with van der Waals surface area (Å²) in [7, 11) is 2.97. The van der Waals surface area contributed by atoms with Crippen LogP contribution in [0.2, 0.25) is 0 Å².